The Balaban J connectivity index is 2.12. The fourth-order valence-electron chi connectivity index (χ4n) is 2.30. The average Bonchev–Trinajstić information content (AvgIpc) is 2.27. The van der Waals surface area contributed by atoms with Crippen LogP contribution >= 0.6 is 0 Å². The Labute approximate surface area is 93.9 Å². The maximum Gasteiger partial charge on any atom is 0.0431 e. The molecule has 1 unspecified atom stereocenters. The molecule has 1 saturated heterocycles. The molecule has 0 aromatic heterocycles. The van der Waals surface area contributed by atoms with Gasteiger partial charge in [-0.15, -0.1) is 0 Å². The van der Waals surface area contributed by atoms with E-state index >= 15 is 0 Å². The van der Waals surface area contributed by atoms with Crippen LogP contribution in [-0.4, -0.2) is 48.3 Å². The van der Waals surface area contributed by atoms with E-state index in [1.165, 1.54) is 32.5 Å². The Morgan fingerprint density at radius 3 is 2.60 bits per heavy atom. The molecule has 0 radical (unpaired) electrons. The van der Waals surface area contributed by atoms with E-state index in [-0.39, 0.29) is 0 Å². The number of piperidine rings is 1. The summed E-state index contributed by atoms with van der Waals surface area (Å²) in [7, 11) is 0. The molecule has 15 heavy (non-hydrogen) atoms. The molecule has 0 bridgehead atoms. The van der Waals surface area contributed by atoms with Crippen molar-refractivity contribution in [1.82, 2.24) is 10.2 Å². The molecule has 3 nitrogen and oxygen atoms in total. The van der Waals surface area contributed by atoms with Crippen molar-refractivity contribution in [2.24, 2.45) is 0 Å². The predicted molar refractivity (Wildman–Crippen MR) is 64.1 cm³/mol. The van der Waals surface area contributed by atoms with Crippen LogP contribution in [0, 0.1) is 0 Å². The van der Waals surface area contributed by atoms with Gasteiger partial charge in [-0.3, -0.25) is 0 Å². The van der Waals surface area contributed by atoms with Crippen molar-refractivity contribution in [3.05, 3.63) is 0 Å². The summed E-state index contributed by atoms with van der Waals surface area (Å²) in [5, 5.41) is 12.4. The number of hydrogen-bond donors (Lipinski definition) is 2. The largest absolute Gasteiger partial charge is 0.396 e. The van der Waals surface area contributed by atoms with Gasteiger partial charge in [-0.25, -0.2) is 0 Å². The predicted octanol–water partition coefficient (Wildman–Crippen LogP) is 1.22. The van der Waals surface area contributed by atoms with E-state index in [0.717, 1.165) is 12.8 Å². The van der Waals surface area contributed by atoms with Crippen molar-refractivity contribution >= 4 is 0 Å². The monoisotopic (exact) mass is 214 g/mol. The second-order valence-electron chi connectivity index (χ2n) is 4.64. The maximum atomic E-state index is 8.75. The van der Waals surface area contributed by atoms with Gasteiger partial charge < -0.3 is 15.3 Å². The molecule has 1 aliphatic rings. The van der Waals surface area contributed by atoms with Gasteiger partial charge in [0.05, 0.1) is 0 Å². The Morgan fingerprint density at radius 1 is 1.40 bits per heavy atom. The van der Waals surface area contributed by atoms with Crippen LogP contribution in [0.4, 0.5) is 0 Å². The number of aliphatic hydroxyl groups is 1. The van der Waals surface area contributed by atoms with Crippen molar-refractivity contribution in [3.63, 3.8) is 0 Å². The highest BCUT2D eigenvalue weighted by molar-refractivity contribution is 4.78. The third-order valence-corrected chi connectivity index (χ3v) is 3.35. The summed E-state index contributed by atoms with van der Waals surface area (Å²) in [6.45, 7) is 8.44. The first kappa shape index (κ1) is 12.9. The summed E-state index contributed by atoms with van der Waals surface area (Å²) < 4.78 is 0. The molecule has 0 saturated carbocycles. The van der Waals surface area contributed by atoms with Gasteiger partial charge in [0.1, 0.15) is 0 Å². The van der Waals surface area contributed by atoms with Crippen LogP contribution in [0.25, 0.3) is 0 Å². The van der Waals surface area contributed by atoms with E-state index in [1.807, 2.05) is 0 Å². The molecule has 1 fully saturated rings. The standard InChI is InChI=1S/C12H26N2O/c1-3-14-8-6-12(7-9-14)13-11(2)5-4-10-15/h11-13,15H,3-10H2,1-2H3. The molecule has 0 aromatic rings. The second-order valence-corrected chi connectivity index (χ2v) is 4.64. The second kappa shape index (κ2) is 7.20. The fraction of sp³-hybridized carbons (Fsp3) is 1.00. The summed E-state index contributed by atoms with van der Waals surface area (Å²) in [4.78, 5) is 2.51. The first-order valence-electron chi connectivity index (χ1n) is 6.35. The fourth-order valence-corrected chi connectivity index (χ4v) is 2.30. The molecule has 0 spiro atoms. The van der Waals surface area contributed by atoms with Crippen molar-refractivity contribution in [2.45, 2.75) is 51.6 Å². The SMILES string of the molecule is CCN1CCC(NC(C)CCCO)CC1. The number of likely N-dealkylation sites (tertiary alicyclic amines) is 1. The van der Waals surface area contributed by atoms with Crippen molar-refractivity contribution in [2.75, 3.05) is 26.2 Å². The highest BCUT2D eigenvalue weighted by Gasteiger charge is 2.18. The van der Waals surface area contributed by atoms with Crippen LogP contribution in [0.2, 0.25) is 0 Å². The molecule has 2 N–H and O–H groups in total. The van der Waals surface area contributed by atoms with Gasteiger partial charge in [-0.1, -0.05) is 6.92 Å². The van der Waals surface area contributed by atoms with Gasteiger partial charge in [0.15, 0.2) is 0 Å². The topological polar surface area (TPSA) is 35.5 Å². The minimum atomic E-state index is 0.320. The number of nitrogens with one attached hydrogen (secondary N) is 1. The summed E-state index contributed by atoms with van der Waals surface area (Å²) in [6.07, 6.45) is 4.56. The Morgan fingerprint density at radius 2 is 2.07 bits per heavy atom. The van der Waals surface area contributed by atoms with Crippen molar-refractivity contribution < 1.29 is 5.11 Å². The average molecular weight is 214 g/mol. The Hall–Kier alpha value is -0.120. The summed E-state index contributed by atoms with van der Waals surface area (Å²) in [6, 6.07) is 1.25. The van der Waals surface area contributed by atoms with Gasteiger partial charge in [-0.2, -0.15) is 0 Å². The van der Waals surface area contributed by atoms with Gasteiger partial charge >= 0.3 is 0 Å². The third-order valence-electron chi connectivity index (χ3n) is 3.35. The maximum absolute atomic E-state index is 8.75. The van der Waals surface area contributed by atoms with Crippen LogP contribution < -0.4 is 5.32 Å². The molecule has 1 rings (SSSR count). The molecule has 0 aliphatic carbocycles. The van der Waals surface area contributed by atoms with E-state index in [2.05, 4.69) is 24.1 Å². The zero-order chi connectivity index (χ0) is 11.1. The van der Waals surface area contributed by atoms with Gasteiger partial charge in [0.25, 0.3) is 0 Å². The molecule has 1 heterocycles. The van der Waals surface area contributed by atoms with E-state index in [1.54, 1.807) is 0 Å². The third kappa shape index (κ3) is 4.96. The zero-order valence-electron chi connectivity index (χ0n) is 10.2. The molecule has 1 aliphatic heterocycles. The molecule has 1 atom stereocenters. The molecular weight excluding hydrogens is 188 g/mol. The number of aliphatic hydroxyl groups excluding tert-OH is 1. The van der Waals surface area contributed by atoms with E-state index < -0.39 is 0 Å². The summed E-state index contributed by atoms with van der Waals surface area (Å²) in [5.41, 5.74) is 0. The van der Waals surface area contributed by atoms with Gasteiger partial charge in [0, 0.05) is 18.7 Å². The van der Waals surface area contributed by atoms with Crippen LogP contribution in [0.3, 0.4) is 0 Å². The Bertz CT molecular complexity index is 156. The van der Waals surface area contributed by atoms with Crippen molar-refractivity contribution in [3.8, 4) is 0 Å². The summed E-state index contributed by atoms with van der Waals surface area (Å²) in [5.74, 6) is 0. The lowest BCUT2D eigenvalue weighted by Gasteiger charge is -2.33. The first-order valence-corrected chi connectivity index (χ1v) is 6.35. The van der Waals surface area contributed by atoms with Crippen LogP contribution in [-0.2, 0) is 0 Å². The lowest BCUT2D eigenvalue weighted by atomic mass is 10.0. The van der Waals surface area contributed by atoms with Gasteiger partial charge in [0.2, 0.25) is 0 Å². The molecule has 90 valence electrons. The van der Waals surface area contributed by atoms with E-state index in [0.29, 0.717) is 18.7 Å². The van der Waals surface area contributed by atoms with Crippen LogP contribution in [0.5, 0.6) is 0 Å². The quantitative estimate of drug-likeness (QED) is 0.698. The molecule has 0 aromatic carbocycles. The number of rotatable bonds is 6. The number of hydrogen-bond acceptors (Lipinski definition) is 3. The highest BCUT2D eigenvalue weighted by Crippen LogP contribution is 2.11. The minimum absolute atomic E-state index is 0.320. The molecular formula is C12H26N2O. The zero-order valence-corrected chi connectivity index (χ0v) is 10.2. The summed E-state index contributed by atoms with van der Waals surface area (Å²) >= 11 is 0. The van der Waals surface area contributed by atoms with E-state index in [4.69, 9.17) is 5.11 Å². The Kier molecular flexibility index (Phi) is 6.22. The van der Waals surface area contributed by atoms with Crippen molar-refractivity contribution in [1.29, 1.82) is 0 Å². The lowest BCUT2D eigenvalue weighted by molar-refractivity contribution is 0.196. The first-order chi connectivity index (χ1) is 7.26. The van der Waals surface area contributed by atoms with Gasteiger partial charge in [-0.05, 0) is 52.2 Å². The smallest absolute Gasteiger partial charge is 0.0431 e. The van der Waals surface area contributed by atoms with E-state index in [9.17, 15) is 0 Å². The molecule has 0 amide bonds. The highest BCUT2D eigenvalue weighted by atomic mass is 16.2. The van der Waals surface area contributed by atoms with Crippen LogP contribution in [0.15, 0.2) is 0 Å². The molecule has 3 heteroatoms. The normalized spacial score (nSPS) is 21.8. The lowest BCUT2D eigenvalue weighted by Crippen LogP contribution is -2.45. The number of nitrogens with zero attached hydrogens (tertiary/aromatic N) is 1. The minimum Gasteiger partial charge on any atom is -0.396 e. The van der Waals surface area contributed by atoms with Crippen LogP contribution in [0.1, 0.15) is 39.5 Å².